The predicted molar refractivity (Wildman–Crippen MR) is 114 cm³/mol. The van der Waals surface area contributed by atoms with E-state index in [4.69, 9.17) is 0 Å². The number of carbonyl (C=O) groups excluding carboxylic acids is 1. The highest BCUT2D eigenvalue weighted by Gasteiger charge is 2.48. The van der Waals surface area contributed by atoms with E-state index in [1.54, 1.807) is 6.07 Å². The Morgan fingerprint density at radius 3 is 2.67 bits per heavy atom. The molecule has 3 saturated heterocycles. The van der Waals surface area contributed by atoms with Gasteiger partial charge < -0.3 is 10.0 Å². The molecule has 4 aliphatic rings. The molecule has 0 aromatic heterocycles. The molecule has 4 nitrogen and oxygen atoms in total. The topological polar surface area (TPSA) is 43.8 Å². The second-order valence-corrected chi connectivity index (χ2v) is 10.2. The molecule has 0 unspecified atom stereocenters. The number of aliphatic hydroxyl groups excluding tert-OH is 1. The number of amides is 1. The molecule has 1 saturated carbocycles. The number of aliphatic hydroxyl groups is 1. The van der Waals surface area contributed by atoms with Crippen LogP contribution in [-0.2, 0) is 11.2 Å². The molecule has 5 rings (SSSR count). The number of hydrogen-bond donors (Lipinski definition) is 1. The minimum Gasteiger partial charge on any atom is -0.393 e. The molecule has 164 valence electrons. The molecular formula is C25H35FN2O2. The Kier molecular flexibility index (Phi) is 5.85. The molecule has 1 aromatic carbocycles. The fourth-order valence-electron chi connectivity index (χ4n) is 6.85. The van der Waals surface area contributed by atoms with Crippen LogP contribution in [0.25, 0.3) is 0 Å². The SMILES string of the molecule is O=C(C1CCC(O)CC1)N1C[C@H]2C[C@@H](C1)[C@H](Cc1cccc(F)c1)N1CCCC[C@@H]21. The summed E-state index contributed by atoms with van der Waals surface area (Å²) < 4.78 is 13.8. The van der Waals surface area contributed by atoms with Crippen LogP contribution in [0, 0.1) is 23.6 Å². The maximum absolute atomic E-state index is 13.8. The van der Waals surface area contributed by atoms with Crippen molar-refractivity contribution < 1.29 is 14.3 Å². The van der Waals surface area contributed by atoms with Gasteiger partial charge in [-0.05, 0) is 87.4 Å². The quantitative estimate of drug-likeness (QED) is 0.822. The lowest BCUT2D eigenvalue weighted by molar-refractivity contribution is -0.146. The van der Waals surface area contributed by atoms with E-state index in [2.05, 4.69) is 9.80 Å². The van der Waals surface area contributed by atoms with E-state index >= 15 is 0 Å². The number of likely N-dealkylation sites (tertiary alicyclic amines) is 1. The van der Waals surface area contributed by atoms with Crippen molar-refractivity contribution >= 4 is 5.91 Å². The molecule has 1 N–H and O–H groups in total. The second kappa shape index (κ2) is 8.58. The molecule has 1 aliphatic carbocycles. The molecule has 5 heteroatoms. The van der Waals surface area contributed by atoms with Crippen LogP contribution in [0.15, 0.2) is 24.3 Å². The first-order valence-electron chi connectivity index (χ1n) is 12.1. The molecular weight excluding hydrogens is 379 g/mol. The molecule has 3 heterocycles. The van der Waals surface area contributed by atoms with Gasteiger partial charge in [0, 0.05) is 31.1 Å². The van der Waals surface area contributed by atoms with Gasteiger partial charge in [0.25, 0.3) is 0 Å². The fourth-order valence-corrected chi connectivity index (χ4v) is 6.85. The van der Waals surface area contributed by atoms with E-state index in [0.717, 1.165) is 57.3 Å². The molecule has 4 atom stereocenters. The molecule has 2 bridgehead atoms. The summed E-state index contributed by atoms with van der Waals surface area (Å²) in [6.07, 6.45) is 8.80. The zero-order valence-electron chi connectivity index (χ0n) is 17.9. The van der Waals surface area contributed by atoms with Crippen LogP contribution in [0.3, 0.4) is 0 Å². The second-order valence-electron chi connectivity index (χ2n) is 10.2. The van der Waals surface area contributed by atoms with Crippen LogP contribution in [-0.4, -0.2) is 58.6 Å². The summed E-state index contributed by atoms with van der Waals surface area (Å²) in [5, 5.41) is 9.82. The maximum atomic E-state index is 13.8. The standard InChI is InChI=1S/C25H35FN2O2/c26-21-5-3-4-17(12-21)13-24-20-14-19(23-6-1-2-11-28(23)24)15-27(16-20)25(30)18-7-9-22(29)10-8-18/h3-5,12,18-20,22-24,29H,1-2,6-11,13-16H2/t18?,19-,20+,22?,23+,24+/m1/s1. The van der Waals surface area contributed by atoms with Crippen LogP contribution in [0.4, 0.5) is 4.39 Å². The number of rotatable bonds is 3. The third-order valence-corrected chi connectivity index (χ3v) is 8.31. The highest BCUT2D eigenvalue weighted by Crippen LogP contribution is 2.43. The molecule has 4 fully saturated rings. The Bertz CT molecular complexity index is 763. The van der Waals surface area contributed by atoms with Crippen LogP contribution >= 0.6 is 0 Å². The predicted octanol–water partition coefficient (Wildman–Crippen LogP) is 3.62. The Morgan fingerprint density at radius 2 is 1.87 bits per heavy atom. The largest absolute Gasteiger partial charge is 0.393 e. The van der Waals surface area contributed by atoms with Gasteiger partial charge >= 0.3 is 0 Å². The van der Waals surface area contributed by atoms with Crippen molar-refractivity contribution in [2.24, 2.45) is 17.8 Å². The van der Waals surface area contributed by atoms with Crippen LogP contribution in [0.2, 0.25) is 0 Å². The van der Waals surface area contributed by atoms with Gasteiger partial charge in [-0.1, -0.05) is 18.6 Å². The molecule has 30 heavy (non-hydrogen) atoms. The first-order chi connectivity index (χ1) is 14.6. The highest BCUT2D eigenvalue weighted by atomic mass is 19.1. The smallest absolute Gasteiger partial charge is 0.225 e. The van der Waals surface area contributed by atoms with Crippen molar-refractivity contribution in [3.63, 3.8) is 0 Å². The zero-order valence-corrected chi connectivity index (χ0v) is 17.9. The number of halogens is 1. The van der Waals surface area contributed by atoms with Crippen LogP contribution in [0.1, 0.15) is 56.9 Å². The zero-order chi connectivity index (χ0) is 20.7. The average molecular weight is 415 g/mol. The highest BCUT2D eigenvalue weighted by molar-refractivity contribution is 5.79. The van der Waals surface area contributed by atoms with Crippen molar-refractivity contribution in [2.45, 2.75) is 76.0 Å². The maximum Gasteiger partial charge on any atom is 0.225 e. The lowest BCUT2D eigenvalue weighted by Gasteiger charge is -2.57. The van der Waals surface area contributed by atoms with Crippen LogP contribution in [0.5, 0.6) is 0 Å². The van der Waals surface area contributed by atoms with Gasteiger partial charge in [-0.2, -0.15) is 0 Å². The van der Waals surface area contributed by atoms with Crippen molar-refractivity contribution in [3.8, 4) is 0 Å². The summed E-state index contributed by atoms with van der Waals surface area (Å²) in [5.74, 6) is 1.31. The Morgan fingerprint density at radius 1 is 1.07 bits per heavy atom. The van der Waals surface area contributed by atoms with E-state index in [1.165, 1.54) is 31.7 Å². The van der Waals surface area contributed by atoms with E-state index in [-0.39, 0.29) is 17.8 Å². The normalized spacial score (nSPS) is 36.9. The Labute approximate surface area is 179 Å². The summed E-state index contributed by atoms with van der Waals surface area (Å²) in [5.41, 5.74) is 1.08. The Hall–Kier alpha value is -1.46. The minimum absolute atomic E-state index is 0.0938. The van der Waals surface area contributed by atoms with Crippen molar-refractivity contribution in [3.05, 3.63) is 35.6 Å². The first kappa shape index (κ1) is 20.4. The van der Waals surface area contributed by atoms with E-state index in [0.29, 0.717) is 29.8 Å². The average Bonchev–Trinajstić information content (AvgIpc) is 2.77. The van der Waals surface area contributed by atoms with Crippen molar-refractivity contribution in [2.75, 3.05) is 19.6 Å². The van der Waals surface area contributed by atoms with Gasteiger partial charge in [0.05, 0.1) is 6.10 Å². The molecule has 1 aromatic rings. The van der Waals surface area contributed by atoms with Gasteiger partial charge in [0.2, 0.25) is 5.91 Å². The van der Waals surface area contributed by atoms with Gasteiger partial charge in [-0.25, -0.2) is 4.39 Å². The number of nitrogens with zero attached hydrogens (tertiary/aromatic N) is 2. The lowest BCUT2D eigenvalue weighted by Crippen LogP contribution is -2.65. The van der Waals surface area contributed by atoms with Gasteiger partial charge in [0.15, 0.2) is 0 Å². The first-order valence-corrected chi connectivity index (χ1v) is 12.1. The van der Waals surface area contributed by atoms with Crippen molar-refractivity contribution in [1.82, 2.24) is 9.80 Å². The third-order valence-electron chi connectivity index (χ3n) is 8.31. The number of carbonyl (C=O) groups is 1. The van der Waals surface area contributed by atoms with Crippen molar-refractivity contribution in [1.29, 1.82) is 0 Å². The number of piperidine rings is 3. The summed E-state index contributed by atoms with van der Waals surface area (Å²) in [6, 6.07) is 8.04. The molecule has 0 spiro atoms. The van der Waals surface area contributed by atoms with Crippen LogP contribution < -0.4 is 0 Å². The van der Waals surface area contributed by atoms with Gasteiger partial charge in [0.1, 0.15) is 5.82 Å². The molecule has 1 amide bonds. The number of benzene rings is 1. The minimum atomic E-state index is -0.221. The van der Waals surface area contributed by atoms with E-state index in [9.17, 15) is 14.3 Å². The summed E-state index contributed by atoms with van der Waals surface area (Å²) in [7, 11) is 0. The fraction of sp³-hybridized carbons (Fsp3) is 0.720. The number of fused-ring (bicyclic) bond motifs is 4. The lowest BCUT2D eigenvalue weighted by atomic mass is 9.70. The summed E-state index contributed by atoms with van der Waals surface area (Å²) in [6.45, 7) is 2.89. The summed E-state index contributed by atoms with van der Waals surface area (Å²) >= 11 is 0. The monoisotopic (exact) mass is 414 g/mol. The van der Waals surface area contributed by atoms with E-state index < -0.39 is 0 Å². The number of hydrogen-bond acceptors (Lipinski definition) is 3. The Balaban J connectivity index is 1.35. The van der Waals surface area contributed by atoms with Gasteiger partial charge in [-0.15, -0.1) is 0 Å². The summed E-state index contributed by atoms with van der Waals surface area (Å²) in [4.78, 5) is 18.2. The van der Waals surface area contributed by atoms with Gasteiger partial charge in [-0.3, -0.25) is 9.69 Å². The third kappa shape index (κ3) is 4.03. The molecule has 0 radical (unpaired) electrons. The molecule has 3 aliphatic heterocycles. The van der Waals surface area contributed by atoms with E-state index in [1.807, 2.05) is 12.1 Å².